The van der Waals surface area contributed by atoms with Crippen LogP contribution in [-0.2, 0) is 9.13 Å². The first-order valence-corrected chi connectivity index (χ1v) is 12.5. The average Bonchev–Trinajstić information content (AvgIpc) is 2.67. The molecule has 0 bridgehead atoms. The van der Waals surface area contributed by atoms with Gasteiger partial charge in [0.25, 0.3) is 5.08 Å². The lowest BCUT2D eigenvalue weighted by Gasteiger charge is -2.30. The third-order valence-corrected chi connectivity index (χ3v) is 8.17. The van der Waals surface area contributed by atoms with Gasteiger partial charge in [-0.3, -0.25) is 20.0 Å². The molecular formula is C15H27N5O8P2S. The zero-order valence-electron chi connectivity index (χ0n) is 16.7. The Morgan fingerprint density at radius 2 is 1.94 bits per heavy atom. The number of benzene rings is 1. The van der Waals surface area contributed by atoms with Gasteiger partial charge in [0, 0.05) is 19.5 Å². The van der Waals surface area contributed by atoms with Gasteiger partial charge in [-0.05, 0) is 43.4 Å². The summed E-state index contributed by atoms with van der Waals surface area (Å²) in [6.45, 7) is 0.559. The van der Waals surface area contributed by atoms with Gasteiger partial charge in [0.15, 0.2) is 0 Å². The van der Waals surface area contributed by atoms with Gasteiger partial charge in [-0.25, -0.2) is 5.84 Å². The van der Waals surface area contributed by atoms with E-state index in [4.69, 9.17) is 42.4 Å². The third-order valence-electron chi connectivity index (χ3n) is 4.08. The summed E-state index contributed by atoms with van der Waals surface area (Å²) in [4.78, 5) is 38.1. The van der Waals surface area contributed by atoms with Crippen LogP contribution in [0.5, 0.6) is 5.75 Å². The average molecular weight is 499 g/mol. The van der Waals surface area contributed by atoms with Crippen LogP contribution in [0.25, 0.3) is 0 Å². The summed E-state index contributed by atoms with van der Waals surface area (Å²) in [7, 11) is -9.31. The summed E-state index contributed by atoms with van der Waals surface area (Å²) in [5.74, 6) is 5.70. The Hall–Kier alpha value is -1.44. The van der Waals surface area contributed by atoms with Crippen LogP contribution in [0.2, 0.25) is 0 Å². The molecule has 1 aromatic carbocycles. The molecular weight excluding hydrogens is 472 g/mol. The summed E-state index contributed by atoms with van der Waals surface area (Å²) < 4.78 is 28.3. The normalized spacial score (nSPS) is 12.9. The smallest absolute Gasteiger partial charge is 0.369 e. The Labute approximate surface area is 184 Å². The van der Waals surface area contributed by atoms with Crippen molar-refractivity contribution in [1.29, 1.82) is 0 Å². The molecule has 0 spiro atoms. The fourth-order valence-corrected chi connectivity index (χ4v) is 4.51. The van der Waals surface area contributed by atoms with E-state index in [2.05, 4.69) is 16.0 Å². The molecule has 13 nitrogen and oxygen atoms in total. The molecule has 0 saturated carbocycles. The standard InChI is InChI=1S/C15H27N5O8P2S/c1-20(8-6-15(21,29(22,23)24)30(25,26)27)7-3-9-28-13-5-2-4-12(10-13)11-17-19-14(31)18-16/h2,4-5,10-11,21H,3,6-9,16H2,1H3,(H2,18,19,31)(H2,22,23,24)(H2,25,26,27)/b17-11+. The summed E-state index contributed by atoms with van der Waals surface area (Å²) >= 11 is 4.78. The number of hydrogen-bond acceptors (Lipinski definition) is 8. The number of nitrogens with two attached hydrogens (primary N) is 1. The van der Waals surface area contributed by atoms with Crippen molar-refractivity contribution in [2.45, 2.75) is 17.9 Å². The molecule has 0 aliphatic rings. The molecule has 0 saturated heterocycles. The summed E-state index contributed by atoms with van der Waals surface area (Å²) in [5.41, 5.74) is 5.48. The highest BCUT2D eigenvalue weighted by Crippen LogP contribution is 2.68. The number of hydrogen-bond donors (Lipinski definition) is 8. The van der Waals surface area contributed by atoms with E-state index in [9.17, 15) is 14.2 Å². The largest absolute Gasteiger partial charge is 0.494 e. The van der Waals surface area contributed by atoms with Gasteiger partial charge in [0.1, 0.15) is 5.75 Å². The predicted octanol–water partition coefficient (Wildman–Crippen LogP) is -0.549. The highest BCUT2D eigenvalue weighted by molar-refractivity contribution is 7.80. The molecule has 0 radical (unpaired) electrons. The Morgan fingerprint density at radius 1 is 1.29 bits per heavy atom. The second-order valence-corrected chi connectivity index (χ2v) is 11.0. The lowest BCUT2D eigenvalue weighted by molar-refractivity contribution is 0.111. The van der Waals surface area contributed by atoms with Crippen LogP contribution >= 0.6 is 27.4 Å². The van der Waals surface area contributed by atoms with Gasteiger partial charge < -0.3 is 34.3 Å². The van der Waals surface area contributed by atoms with Crippen molar-refractivity contribution in [3.8, 4) is 5.75 Å². The topological polar surface area (TPSA) is 210 Å². The minimum atomic E-state index is -5.45. The number of thiocarbonyl (C=S) groups is 1. The van der Waals surface area contributed by atoms with Gasteiger partial charge >= 0.3 is 15.2 Å². The molecule has 176 valence electrons. The number of hydrazone groups is 1. The monoisotopic (exact) mass is 499 g/mol. The maximum atomic E-state index is 11.4. The van der Waals surface area contributed by atoms with Crippen LogP contribution < -0.4 is 21.4 Å². The molecule has 1 aromatic rings. The van der Waals surface area contributed by atoms with E-state index in [0.717, 1.165) is 5.56 Å². The molecule has 0 unspecified atom stereocenters. The van der Waals surface area contributed by atoms with Crippen LogP contribution in [0.4, 0.5) is 0 Å². The second-order valence-electron chi connectivity index (χ2n) is 6.53. The summed E-state index contributed by atoms with van der Waals surface area (Å²) in [6.07, 6.45) is 1.24. The van der Waals surface area contributed by atoms with Crippen LogP contribution in [0, 0.1) is 0 Å². The number of ether oxygens (including phenoxy) is 1. The molecule has 0 aromatic heterocycles. The number of rotatable bonds is 12. The first kappa shape index (κ1) is 27.6. The Kier molecular flexibility index (Phi) is 10.7. The first-order valence-electron chi connectivity index (χ1n) is 8.85. The van der Waals surface area contributed by atoms with E-state index in [1.165, 1.54) is 6.21 Å². The SMILES string of the molecule is CN(CCCOc1cccc(/C=N/NC(=S)NN)c1)CCC(O)(P(=O)(O)O)P(=O)(O)O. The van der Waals surface area contributed by atoms with Gasteiger partial charge in [-0.15, -0.1) is 0 Å². The van der Waals surface area contributed by atoms with E-state index >= 15 is 0 Å². The van der Waals surface area contributed by atoms with Crippen molar-refractivity contribution in [2.24, 2.45) is 10.9 Å². The molecule has 9 N–H and O–H groups in total. The Balaban J connectivity index is 2.48. The van der Waals surface area contributed by atoms with Gasteiger partial charge in [0.2, 0.25) is 5.11 Å². The van der Waals surface area contributed by atoms with E-state index < -0.39 is 26.7 Å². The number of nitrogens with zero attached hydrogens (tertiary/aromatic N) is 2. The van der Waals surface area contributed by atoms with Crippen molar-refractivity contribution in [3.05, 3.63) is 29.8 Å². The van der Waals surface area contributed by atoms with Crippen molar-refractivity contribution < 1.29 is 38.5 Å². The molecule has 1 rings (SSSR count). The van der Waals surface area contributed by atoms with E-state index in [1.807, 2.05) is 0 Å². The lowest BCUT2D eigenvalue weighted by Crippen LogP contribution is -2.37. The molecule has 0 fully saturated rings. The predicted molar refractivity (Wildman–Crippen MR) is 118 cm³/mol. The molecule has 0 atom stereocenters. The van der Waals surface area contributed by atoms with Crippen molar-refractivity contribution in [2.75, 3.05) is 26.7 Å². The number of hydrazine groups is 1. The maximum Gasteiger partial charge on any atom is 0.369 e. The minimum absolute atomic E-state index is 0.148. The van der Waals surface area contributed by atoms with Crippen molar-refractivity contribution in [3.63, 3.8) is 0 Å². The zero-order chi connectivity index (χ0) is 23.7. The minimum Gasteiger partial charge on any atom is -0.494 e. The maximum absolute atomic E-state index is 11.4. The van der Waals surface area contributed by atoms with Crippen LogP contribution in [0.1, 0.15) is 18.4 Å². The lowest BCUT2D eigenvalue weighted by atomic mass is 10.2. The molecule has 0 aliphatic heterocycles. The Morgan fingerprint density at radius 3 is 2.52 bits per heavy atom. The van der Waals surface area contributed by atoms with Crippen LogP contribution in [-0.4, -0.2) is 72.7 Å². The fourth-order valence-electron chi connectivity index (χ4n) is 2.32. The van der Waals surface area contributed by atoms with E-state index in [1.54, 1.807) is 36.2 Å². The number of nitrogens with one attached hydrogen (secondary N) is 2. The van der Waals surface area contributed by atoms with Crippen molar-refractivity contribution in [1.82, 2.24) is 15.8 Å². The van der Waals surface area contributed by atoms with E-state index in [-0.39, 0.29) is 11.7 Å². The van der Waals surface area contributed by atoms with Gasteiger partial charge in [0.05, 0.1) is 12.8 Å². The summed E-state index contributed by atoms with van der Waals surface area (Å²) in [6, 6.07) is 7.07. The highest BCUT2D eigenvalue weighted by Gasteiger charge is 2.58. The molecule has 0 heterocycles. The second kappa shape index (κ2) is 12.0. The zero-order valence-corrected chi connectivity index (χ0v) is 19.3. The number of aliphatic hydroxyl groups is 1. The van der Waals surface area contributed by atoms with E-state index in [0.29, 0.717) is 25.3 Å². The molecule has 0 aliphatic carbocycles. The quantitative estimate of drug-likeness (QED) is 0.0454. The van der Waals surface area contributed by atoms with Crippen LogP contribution in [0.3, 0.4) is 0 Å². The third kappa shape index (κ3) is 8.91. The van der Waals surface area contributed by atoms with Gasteiger partial charge in [-0.2, -0.15) is 5.10 Å². The van der Waals surface area contributed by atoms with Gasteiger partial charge in [-0.1, -0.05) is 12.1 Å². The fraction of sp³-hybridized carbons (Fsp3) is 0.467. The summed E-state index contributed by atoms with van der Waals surface area (Å²) in [5, 5.41) is 10.5. The van der Waals surface area contributed by atoms with Crippen LogP contribution in [0.15, 0.2) is 29.4 Å². The molecule has 0 amide bonds. The van der Waals surface area contributed by atoms with Crippen molar-refractivity contribution >= 4 is 38.7 Å². The highest BCUT2D eigenvalue weighted by atomic mass is 32.1. The Bertz CT molecular complexity index is 840. The first-order chi connectivity index (χ1) is 14.3. The molecule has 16 heteroatoms. The molecule has 31 heavy (non-hydrogen) atoms.